The zero-order chi connectivity index (χ0) is 15.9. The van der Waals surface area contributed by atoms with E-state index < -0.39 is 11.9 Å². The number of nitrogens with one attached hydrogen (secondary N) is 1. The van der Waals surface area contributed by atoms with Gasteiger partial charge in [-0.15, -0.1) is 0 Å². The Morgan fingerprint density at radius 2 is 2.14 bits per heavy atom. The number of aryl methyl sites for hydroxylation is 1. The first-order valence-electron chi connectivity index (χ1n) is 7.18. The van der Waals surface area contributed by atoms with Gasteiger partial charge in [0.25, 0.3) is 5.91 Å². The Hall–Kier alpha value is -2.37. The highest BCUT2D eigenvalue weighted by Gasteiger charge is 2.31. The number of carbonyl (C=O) groups excluding carboxylic acids is 1. The quantitative estimate of drug-likeness (QED) is 0.914. The Morgan fingerprint density at radius 3 is 2.82 bits per heavy atom. The molecule has 1 amide bonds. The van der Waals surface area contributed by atoms with Crippen LogP contribution in [-0.4, -0.2) is 23.0 Å². The number of rotatable bonds is 3. The van der Waals surface area contributed by atoms with E-state index in [1.807, 2.05) is 0 Å². The lowest BCUT2D eigenvalue weighted by molar-refractivity contribution is -0.141. The van der Waals surface area contributed by atoms with Crippen LogP contribution in [0.2, 0.25) is 0 Å². The summed E-state index contributed by atoms with van der Waals surface area (Å²) in [7, 11) is 0. The van der Waals surface area contributed by atoms with Gasteiger partial charge < -0.3 is 14.8 Å². The molecule has 2 atom stereocenters. The van der Waals surface area contributed by atoms with E-state index in [2.05, 4.69) is 5.32 Å². The summed E-state index contributed by atoms with van der Waals surface area (Å²) in [6.45, 7) is 1.70. The monoisotopic (exact) mass is 305 g/mol. The van der Waals surface area contributed by atoms with Crippen LogP contribution in [0.5, 0.6) is 0 Å². The fraction of sp³-hybridized carbons (Fsp3) is 0.375. The molecule has 0 saturated heterocycles. The molecule has 22 heavy (non-hydrogen) atoms. The van der Waals surface area contributed by atoms with Crippen molar-refractivity contribution >= 4 is 22.8 Å². The molecular weight excluding hydrogens is 289 g/mol. The molecular formula is C16H16FNO4. The predicted molar refractivity (Wildman–Crippen MR) is 77.1 cm³/mol. The number of furan rings is 1. The van der Waals surface area contributed by atoms with Gasteiger partial charge in [-0.05, 0) is 44.4 Å². The number of fused-ring (bicyclic) bond motifs is 1. The maximum Gasteiger partial charge on any atom is 0.306 e. The summed E-state index contributed by atoms with van der Waals surface area (Å²) in [6, 6.07) is 3.94. The molecule has 1 aliphatic carbocycles. The molecule has 1 aliphatic rings. The van der Waals surface area contributed by atoms with E-state index in [1.165, 1.54) is 18.2 Å². The maximum absolute atomic E-state index is 13.3. The van der Waals surface area contributed by atoms with Crippen LogP contribution < -0.4 is 5.32 Å². The summed E-state index contributed by atoms with van der Waals surface area (Å²) in [5.74, 6) is -1.85. The molecule has 0 aliphatic heterocycles. The number of hydrogen-bond acceptors (Lipinski definition) is 3. The van der Waals surface area contributed by atoms with Gasteiger partial charge >= 0.3 is 5.97 Å². The second kappa shape index (κ2) is 5.44. The summed E-state index contributed by atoms with van der Waals surface area (Å²) >= 11 is 0. The maximum atomic E-state index is 13.3. The molecule has 0 spiro atoms. The smallest absolute Gasteiger partial charge is 0.306 e. The van der Waals surface area contributed by atoms with Crippen LogP contribution in [0.15, 0.2) is 22.6 Å². The topological polar surface area (TPSA) is 79.5 Å². The lowest BCUT2D eigenvalue weighted by Crippen LogP contribution is -2.33. The van der Waals surface area contributed by atoms with Gasteiger partial charge in [0.2, 0.25) is 0 Å². The van der Waals surface area contributed by atoms with Crippen molar-refractivity contribution < 1.29 is 23.5 Å². The Kier molecular flexibility index (Phi) is 3.60. The van der Waals surface area contributed by atoms with Gasteiger partial charge in [0.1, 0.15) is 11.4 Å². The van der Waals surface area contributed by atoms with Gasteiger partial charge in [0.05, 0.1) is 5.92 Å². The van der Waals surface area contributed by atoms with Crippen LogP contribution in [0.4, 0.5) is 4.39 Å². The minimum Gasteiger partial charge on any atom is -0.481 e. The molecule has 6 heteroatoms. The number of aliphatic carboxylic acids is 1. The molecule has 116 valence electrons. The Labute approximate surface area is 126 Å². The van der Waals surface area contributed by atoms with Crippen molar-refractivity contribution in [3.8, 4) is 0 Å². The summed E-state index contributed by atoms with van der Waals surface area (Å²) in [5.41, 5.74) is 1.04. The third-order valence-electron chi connectivity index (χ3n) is 4.22. The van der Waals surface area contributed by atoms with E-state index in [9.17, 15) is 14.0 Å². The van der Waals surface area contributed by atoms with Crippen LogP contribution in [0, 0.1) is 18.7 Å². The van der Waals surface area contributed by atoms with E-state index in [0.717, 1.165) is 0 Å². The first-order valence-corrected chi connectivity index (χ1v) is 7.18. The van der Waals surface area contributed by atoms with Gasteiger partial charge in [-0.1, -0.05) is 0 Å². The molecule has 1 heterocycles. The number of amides is 1. The van der Waals surface area contributed by atoms with Gasteiger partial charge in [-0.25, -0.2) is 4.39 Å². The van der Waals surface area contributed by atoms with Crippen molar-refractivity contribution in [3.63, 3.8) is 0 Å². The number of carbonyl (C=O) groups is 2. The SMILES string of the molecule is Cc1c(C(=O)N[C@H]2CC[C@@H](C(=O)O)C2)oc2ccc(F)cc12. The summed E-state index contributed by atoms with van der Waals surface area (Å²) in [4.78, 5) is 23.2. The van der Waals surface area contributed by atoms with Gasteiger partial charge in [-0.3, -0.25) is 9.59 Å². The fourth-order valence-electron chi connectivity index (χ4n) is 3.00. The highest BCUT2D eigenvalue weighted by molar-refractivity contribution is 5.99. The van der Waals surface area contributed by atoms with Crippen molar-refractivity contribution in [2.75, 3.05) is 0 Å². The zero-order valence-electron chi connectivity index (χ0n) is 12.1. The molecule has 2 N–H and O–H groups in total. The highest BCUT2D eigenvalue weighted by Crippen LogP contribution is 2.28. The number of benzene rings is 1. The second-order valence-corrected chi connectivity index (χ2v) is 5.72. The summed E-state index contributed by atoms with van der Waals surface area (Å²) in [6.07, 6.45) is 1.62. The molecule has 0 bridgehead atoms. The molecule has 2 aromatic rings. The Balaban J connectivity index is 1.78. The van der Waals surface area contributed by atoms with Crippen LogP contribution in [0.1, 0.15) is 35.4 Å². The number of halogens is 1. The molecule has 5 nitrogen and oxygen atoms in total. The lowest BCUT2D eigenvalue weighted by atomic mass is 10.1. The predicted octanol–water partition coefficient (Wildman–Crippen LogP) is 2.86. The average Bonchev–Trinajstić information content (AvgIpc) is 3.05. The normalized spacial score (nSPS) is 21.2. The first kappa shape index (κ1) is 14.6. The van der Waals surface area contributed by atoms with Crippen molar-refractivity contribution in [2.24, 2.45) is 5.92 Å². The van der Waals surface area contributed by atoms with E-state index >= 15 is 0 Å². The van der Waals surface area contributed by atoms with E-state index in [4.69, 9.17) is 9.52 Å². The number of hydrogen-bond donors (Lipinski definition) is 2. The average molecular weight is 305 g/mol. The van der Waals surface area contributed by atoms with Crippen LogP contribution in [0.25, 0.3) is 11.0 Å². The molecule has 0 radical (unpaired) electrons. The minimum atomic E-state index is -0.827. The molecule has 0 unspecified atom stereocenters. The molecule has 1 aromatic carbocycles. The third kappa shape index (κ3) is 2.56. The van der Waals surface area contributed by atoms with Crippen LogP contribution in [-0.2, 0) is 4.79 Å². The highest BCUT2D eigenvalue weighted by atomic mass is 19.1. The van der Waals surface area contributed by atoms with Crippen LogP contribution in [0.3, 0.4) is 0 Å². The lowest BCUT2D eigenvalue weighted by Gasteiger charge is -2.11. The molecule has 1 saturated carbocycles. The Morgan fingerprint density at radius 1 is 1.36 bits per heavy atom. The first-order chi connectivity index (χ1) is 10.5. The molecule has 1 fully saturated rings. The standard InChI is InChI=1S/C16H16FNO4/c1-8-12-7-10(17)3-5-13(12)22-14(8)15(19)18-11-4-2-9(6-11)16(20)21/h3,5,7,9,11H,2,4,6H2,1H3,(H,18,19)(H,20,21)/t9-,11+/m1/s1. The van der Waals surface area contributed by atoms with Crippen molar-refractivity contribution in [2.45, 2.75) is 32.2 Å². The Bertz CT molecular complexity index is 752. The van der Waals surface area contributed by atoms with E-state index in [1.54, 1.807) is 6.92 Å². The van der Waals surface area contributed by atoms with Crippen molar-refractivity contribution in [3.05, 3.63) is 35.3 Å². The van der Waals surface area contributed by atoms with Crippen molar-refractivity contribution in [1.82, 2.24) is 5.32 Å². The fourth-order valence-corrected chi connectivity index (χ4v) is 3.00. The molecule has 1 aromatic heterocycles. The van der Waals surface area contributed by atoms with Crippen molar-refractivity contribution in [1.29, 1.82) is 0 Å². The number of carboxylic acid groups (broad SMARTS) is 1. The zero-order valence-corrected chi connectivity index (χ0v) is 12.1. The van der Waals surface area contributed by atoms with Crippen LogP contribution >= 0.6 is 0 Å². The second-order valence-electron chi connectivity index (χ2n) is 5.72. The van der Waals surface area contributed by atoms with Gasteiger partial charge in [0, 0.05) is 17.0 Å². The van der Waals surface area contributed by atoms with Gasteiger partial charge in [0.15, 0.2) is 5.76 Å². The number of carboxylic acids is 1. The minimum absolute atomic E-state index is 0.152. The van der Waals surface area contributed by atoms with E-state index in [-0.39, 0.29) is 23.5 Å². The third-order valence-corrected chi connectivity index (χ3v) is 4.22. The summed E-state index contributed by atoms with van der Waals surface area (Å²) < 4.78 is 18.8. The van der Waals surface area contributed by atoms with E-state index in [0.29, 0.717) is 35.8 Å². The van der Waals surface area contributed by atoms with Gasteiger partial charge in [-0.2, -0.15) is 0 Å². The summed E-state index contributed by atoms with van der Waals surface area (Å²) in [5, 5.41) is 12.4. The largest absolute Gasteiger partial charge is 0.481 e. The molecule has 3 rings (SSSR count).